The molecular weight excluding hydrogens is 460 g/mol. The Morgan fingerprint density at radius 1 is 0.892 bits per heavy atom. The standard InChI is InChI=1S/C31H36N4O2/c32-27-13-7-8-14-28(27)35-29(36)20-17-23-15-18-26(19-16-23)30(33-21-24-9-3-1-4-10-24)31(37)34-22-25-11-5-2-6-12-25/h2,5-8,11-20,24,30,33H,1,3-4,9-10,21-22,32H2,(H,34,37)(H,35,36)/b20-17+. The Balaban J connectivity index is 1.40. The van der Waals surface area contributed by atoms with Crippen molar-refractivity contribution >= 4 is 29.3 Å². The van der Waals surface area contributed by atoms with Crippen molar-refractivity contribution in [2.45, 2.75) is 44.7 Å². The van der Waals surface area contributed by atoms with Gasteiger partial charge in [-0.05, 0) is 60.2 Å². The molecule has 0 aliphatic heterocycles. The van der Waals surface area contributed by atoms with Crippen LogP contribution < -0.4 is 21.7 Å². The molecule has 6 heteroatoms. The Hall–Kier alpha value is -3.90. The fourth-order valence-electron chi connectivity index (χ4n) is 4.68. The lowest BCUT2D eigenvalue weighted by molar-refractivity contribution is -0.123. The monoisotopic (exact) mass is 496 g/mol. The lowest BCUT2D eigenvalue weighted by Crippen LogP contribution is -2.39. The van der Waals surface area contributed by atoms with Crippen LogP contribution in [0.25, 0.3) is 6.08 Å². The molecule has 1 atom stereocenters. The summed E-state index contributed by atoms with van der Waals surface area (Å²) >= 11 is 0. The van der Waals surface area contributed by atoms with Gasteiger partial charge in [0.25, 0.3) is 0 Å². The predicted octanol–water partition coefficient (Wildman–Crippen LogP) is 5.45. The second-order valence-electron chi connectivity index (χ2n) is 9.63. The third kappa shape index (κ3) is 8.05. The topological polar surface area (TPSA) is 96.2 Å². The normalized spacial score (nSPS) is 14.8. The van der Waals surface area contributed by atoms with E-state index in [-0.39, 0.29) is 11.8 Å². The molecule has 5 N–H and O–H groups in total. The number of nitrogens with one attached hydrogen (secondary N) is 3. The van der Waals surface area contributed by atoms with E-state index in [0.29, 0.717) is 23.8 Å². The molecule has 0 bridgehead atoms. The second-order valence-corrected chi connectivity index (χ2v) is 9.63. The average molecular weight is 497 g/mol. The molecule has 1 fully saturated rings. The van der Waals surface area contributed by atoms with Crippen LogP contribution in [0.2, 0.25) is 0 Å². The van der Waals surface area contributed by atoms with Gasteiger partial charge in [-0.3, -0.25) is 9.59 Å². The fraction of sp³-hybridized carbons (Fsp3) is 0.290. The third-order valence-corrected chi connectivity index (χ3v) is 6.82. The number of amides is 2. The molecule has 0 heterocycles. The zero-order valence-corrected chi connectivity index (χ0v) is 21.2. The molecule has 0 saturated heterocycles. The van der Waals surface area contributed by atoms with Gasteiger partial charge >= 0.3 is 0 Å². The van der Waals surface area contributed by atoms with Crippen LogP contribution in [-0.4, -0.2) is 18.4 Å². The van der Waals surface area contributed by atoms with Gasteiger partial charge in [-0.1, -0.05) is 86.0 Å². The first-order chi connectivity index (χ1) is 18.1. The van der Waals surface area contributed by atoms with Gasteiger partial charge in [0.2, 0.25) is 11.8 Å². The predicted molar refractivity (Wildman–Crippen MR) is 151 cm³/mol. The molecule has 1 aliphatic carbocycles. The van der Waals surface area contributed by atoms with Gasteiger partial charge in [0.05, 0.1) is 11.4 Å². The molecule has 37 heavy (non-hydrogen) atoms. The van der Waals surface area contributed by atoms with E-state index in [1.54, 1.807) is 18.2 Å². The van der Waals surface area contributed by atoms with E-state index >= 15 is 0 Å². The minimum atomic E-state index is -0.437. The van der Waals surface area contributed by atoms with E-state index in [4.69, 9.17) is 5.73 Å². The molecule has 2 amide bonds. The average Bonchev–Trinajstić information content (AvgIpc) is 2.94. The molecule has 0 spiro atoms. The van der Waals surface area contributed by atoms with Crippen molar-refractivity contribution in [3.63, 3.8) is 0 Å². The minimum absolute atomic E-state index is 0.0391. The van der Waals surface area contributed by atoms with E-state index in [0.717, 1.165) is 23.2 Å². The van der Waals surface area contributed by atoms with E-state index in [9.17, 15) is 9.59 Å². The second kappa shape index (κ2) is 13.4. The highest BCUT2D eigenvalue weighted by atomic mass is 16.2. The van der Waals surface area contributed by atoms with Gasteiger partial charge in [-0.15, -0.1) is 0 Å². The van der Waals surface area contributed by atoms with Gasteiger partial charge in [0.15, 0.2) is 0 Å². The van der Waals surface area contributed by atoms with E-state index in [1.807, 2.05) is 66.7 Å². The van der Waals surface area contributed by atoms with Crippen LogP contribution in [0.4, 0.5) is 11.4 Å². The molecule has 192 valence electrons. The van der Waals surface area contributed by atoms with E-state index in [1.165, 1.54) is 38.2 Å². The third-order valence-electron chi connectivity index (χ3n) is 6.82. The molecule has 0 radical (unpaired) electrons. The minimum Gasteiger partial charge on any atom is -0.397 e. The van der Waals surface area contributed by atoms with Gasteiger partial charge in [-0.2, -0.15) is 0 Å². The molecule has 4 rings (SSSR count). The summed E-state index contributed by atoms with van der Waals surface area (Å²) in [6.07, 6.45) is 9.50. The summed E-state index contributed by atoms with van der Waals surface area (Å²) in [6.45, 7) is 1.32. The van der Waals surface area contributed by atoms with Crippen LogP contribution in [0.3, 0.4) is 0 Å². The number of nitrogens with two attached hydrogens (primary N) is 1. The number of carbonyl (C=O) groups excluding carboxylic acids is 2. The van der Waals surface area contributed by atoms with Crippen LogP contribution in [-0.2, 0) is 16.1 Å². The lowest BCUT2D eigenvalue weighted by Gasteiger charge is -2.25. The SMILES string of the molecule is Nc1ccccc1NC(=O)/C=C/c1ccc(C(NCC2CCCCC2)C(=O)NCc2ccccc2)cc1. The zero-order chi connectivity index (χ0) is 25.9. The number of hydrogen-bond donors (Lipinski definition) is 4. The summed E-state index contributed by atoms with van der Waals surface area (Å²) in [5, 5.41) is 9.41. The first kappa shape index (κ1) is 26.2. The summed E-state index contributed by atoms with van der Waals surface area (Å²) < 4.78 is 0. The molecule has 3 aromatic carbocycles. The Morgan fingerprint density at radius 2 is 1.59 bits per heavy atom. The van der Waals surface area contributed by atoms with Gasteiger partial charge in [0, 0.05) is 12.6 Å². The van der Waals surface area contributed by atoms with Crippen LogP contribution in [0, 0.1) is 5.92 Å². The fourth-order valence-corrected chi connectivity index (χ4v) is 4.68. The Bertz CT molecular complexity index is 1190. The first-order valence-corrected chi connectivity index (χ1v) is 13.1. The Kier molecular flexibility index (Phi) is 9.49. The summed E-state index contributed by atoms with van der Waals surface area (Å²) in [5.41, 5.74) is 9.84. The van der Waals surface area contributed by atoms with E-state index < -0.39 is 6.04 Å². The number of rotatable bonds is 10. The molecule has 0 aromatic heterocycles. The summed E-state index contributed by atoms with van der Waals surface area (Å²) in [6, 6.07) is 24.4. The quantitative estimate of drug-likeness (QED) is 0.222. The van der Waals surface area contributed by atoms with Gasteiger partial charge in [-0.25, -0.2) is 0 Å². The number of carbonyl (C=O) groups is 2. The largest absolute Gasteiger partial charge is 0.397 e. The van der Waals surface area contributed by atoms with Crippen molar-refractivity contribution in [2.75, 3.05) is 17.6 Å². The number of nitrogen functional groups attached to an aromatic ring is 1. The van der Waals surface area contributed by atoms with Crippen molar-refractivity contribution in [3.05, 3.63) is 102 Å². The highest BCUT2D eigenvalue weighted by Gasteiger charge is 2.22. The smallest absolute Gasteiger partial charge is 0.248 e. The summed E-state index contributed by atoms with van der Waals surface area (Å²) in [5.74, 6) is 0.314. The van der Waals surface area contributed by atoms with Crippen LogP contribution in [0.15, 0.2) is 84.9 Å². The summed E-state index contributed by atoms with van der Waals surface area (Å²) in [7, 11) is 0. The van der Waals surface area contributed by atoms with Crippen LogP contribution in [0.1, 0.15) is 54.8 Å². The van der Waals surface area contributed by atoms with Gasteiger partial charge in [0.1, 0.15) is 6.04 Å². The summed E-state index contributed by atoms with van der Waals surface area (Å²) in [4.78, 5) is 25.6. The molecule has 1 unspecified atom stereocenters. The molecule has 6 nitrogen and oxygen atoms in total. The maximum atomic E-state index is 13.2. The lowest BCUT2D eigenvalue weighted by atomic mass is 9.89. The maximum Gasteiger partial charge on any atom is 0.248 e. The van der Waals surface area contributed by atoms with Crippen molar-refractivity contribution < 1.29 is 9.59 Å². The van der Waals surface area contributed by atoms with Crippen LogP contribution >= 0.6 is 0 Å². The molecule has 1 saturated carbocycles. The molecule has 3 aromatic rings. The van der Waals surface area contributed by atoms with Crippen molar-refractivity contribution in [3.8, 4) is 0 Å². The number of benzene rings is 3. The van der Waals surface area contributed by atoms with E-state index in [2.05, 4.69) is 16.0 Å². The van der Waals surface area contributed by atoms with Gasteiger partial charge < -0.3 is 21.7 Å². The highest BCUT2D eigenvalue weighted by molar-refractivity contribution is 6.03. The number of hydrogen-bond acceptors (Lipinski definition) is 4. The Morgan fingerprint density at radius 3 is 2.32 bits per heavy atom. The number of anilines is 2. The zero-order valence-electron chi connectivity index (χ0n) is 21.2. The van der Waals surface area contributed by atoms with Crippen molar-refractivity contribution in [1.82, 2.24) is 10.6 Å². The maximum absolute atomic E-state index is 13.2. The first-order valence-electron chi connectivity index (χ1n) is 13.1. The Labute approximate surface area is 219 Å². The van der Waals surface area contributed by atoms with Crippen molar-refractivity contribution in [1.29, 1.82) is 0 Å². The van der Waals surface area contributed by atoms with Crippen LogP contribution in [0.5, 0.6) is 0 Å². The number of para-hydroxylation sites is 2. The molecular formula is C31H36N4O2. The highest BCUT2D eigenvalue weighted by Crippen LogP contribution is 2.24. The molecule has 1 aliphatic rings. The van der Waals surface area contributed by atoms with Crippen molar-refractivity contribution in [2.24, 2.45) is 5.92 Å².